The molecule has 0 aliphatic heterocycles. The van der Waals surface area contributed by atoms with E-state index in [0.717, 1.165) is 18.4 Å². The molecule has 1 aromatic heterocycles. The molecule has 25 heavy (non-hydrogen) atoms. The maximum atomic E-state index is 13.0. The van der Waals surface area contributed by atoms with Gasteiger partial charge in [-0.15, -0.1) is 5.10 Å². The normalized spacial score (nSPS) is 17.0. The highest BCUT2D eigenvalue weighted by Crippen LogP contribution is 2.31. The third kappa shape index (κ3) is 3.28. The largest absolute Gasteiger partial charge is 0.347 e. The molecule has 0 saturated carbocycles. The molecule has 126 valence electrons. The zero-order chi connectivity index (χ0) is 17.1. The Morgan fingerprint density at radius 3 is 2.76 bits per heavy atom. The van der Waals surface area contributed by atoms with Crippen LogP contribution >= 0.6 is 0 Å². The van der Waals surface area contributed by atoms with Crippen molar-refractivity contribution in [1.82, 2.24) is 25.5 Å². The monoisotopic (exact) mass is 333 g/mol. The van der Waals surface area contributed by atoms with E-state index in [4.69, 9.17) is 0 Å². The number of nitrogens with one attached hydrogen (secondary N) is 1. The molecule has 1 aliphatic rings. The molecule has 1 aliphatic carbocycles. The first-order valence-corrected chi connectivity index (χ1v) is 8.46. The highest BCUT2D eigenvalue weighted by Gasteiger charge is 2.28. The number of hydrogen-bond acceptors (Lipinski definition) is 4. The fraction of sp³-hybridized carbons (Fsp3) is 0.263. The van der Waals surface area contributed by atoms with Crippen molar-refractivity contribution in [1.29, 1.82) is 0 Å². The van der Waals surface area contributed by atoms with E-state index >= 15 is 0 Å². The lowest BCUT2D eigenvalue weighted by atomic mass is 10.0. The predicted molar refractivity (Wildman–Crippen MR) is 92.6 cm³/mol. The summed E-state index contributed by atoms with van der Waals surface area (Å²) >= 11 is 0. The van der Waals surface area contributed by atoms with Crippen molar-refractivity contribution >= 4 is 5.91 Å². The number of benzene rings is 2. The van der Waals surface area contributed by atoms with E-state index in [-0.39, 0.29) is 11.9 Å². The van der Waals surface area contributed by atoms with Crippen LogP contribution in [0.4, 0.5) is 0 Å². The van der Waals surface area contributed by atoms with Crippen LogP contribution in [0.25, 0.3) is 0 Å². The lowest BCUT2D eigenvalue weighted by molar-refractivity contribution is -0.125. The third-order valence-corrected chi connectivity index (χ3v) is 4.71. The van der Waals surface area contributed by atoms with Gasteiger partial charge in [0.05, 0.1) is 6.04 Å². The number of tetrazole rings is 1. The number of nitrogens with zero attached hydrogens (tertiary/aromatic N) is 4. The van der Waals surface area contributed by atoms with Crippen molar-refractivity contribution in [2.75, 3.05) is 0 Å². The van der Waals surface area contributed by atoms with Crippen LogP contribution in [0.2, 0.25) is 0 Å². The highest BCUT2D eigenvalue weighted by atomic mass is 16.2. The Kier molecular flexibility index (Phi) is 4.24. The van der Waals surface area contributed by atoms with Crippen LogP contribution in [-0.2, 0) is 17.6 Å². The molecule has 2 aromatic carbocycles. The average molecular weight is 333 g/mol. The molecule has 0 fully saturated rings. The third-order valence-electron chi connectivity index (χ3n) is 4.71. The van der Waals surface area contributed by atoms with Crippen LogP contribution in [0.1, 0.15) is 35.2 Å². The van der Waals surface area contributed by atoms with Gasteiger partial charge in [-0.05, 0) is 40.0 Å². The van der Waals surface area contributed by atoms with Gasteiger partial charge in [-0.2, -0.15) is 0 Å². The summed E-state index contributed by atoms with van der Waals surface area (Å²) in [6, 6.07) is 17.8. The second-order valence-corrected chi connectivity index (χ2v) is 6.29. The first-order chi connectivity index (χ1) is 12.3. The molecule has 0 bridgehead atoms. The highest BCUT2D eigenvalue weighted by molar-refractivity contribution is 5.81. The molecule has 1 heterocycles. The molecule has 0 unspecified atom stereocenters. The zero-order valence-corrected chi connectivity index (χ0v) is 13.7. The quantitative estimate of drug-likeness (QED) is 0.777. The molecular formula is C19H19N5O. The van der Waals surface area contributed by atoms with E-state index in [1.807, 2.05) is 42.5 Å². The first kappa shape index (κ1) is 15.5. The number of carbonyl (C=O) groups is 1. The fourth-order valence-corrected chi connectivity index (χ4v) is 3.43. The van der Waals surface area contributed by atoms with Crippen molar-refractivity contribution in [2.24, 2.45) is 0 Å². The minimum absolute atomic E-state index is 0.0541. The summed E-state index contributed by atoms with van der Waals surface area (Å²) in [5, 5.41) is 14.5. The fourth-order valence-electron chi connectivity index (χ4n) is 3.43. The summed E-state index contributed by atoms with van der Waals surface area (Å²) in [7, 11) is 0. The van der Waals surface area contributed by atoms with E-state index < -0.39 is 6.04 Å². The molecule has 2 atom stereocenters. The Morgan fingerprint density at radius 1 is 1.16 bits per heavy atom. The summed E-state index contributed by atoms with van der Waals surface area (Å²) in [5.74, 6) is -0.0575. The van der Waals surface area contributed by atoms with Gasteiger partial charge in [0.2, 0.25) is 5.91 Å². The summed E-state index contributed by atoms with van der Waals surface area (Å²) in [4.78, 5) is 13.0. The predicted octanol–water partition coefficient (Wildman–Crippen LogP) is 2.26. The number of rotatable bonds is 5. The second-order valence-electron chi connectivity index (χ2n) is 6.29. The molecule has 0 radical (unpaired) electrons. The van der Waals surface area contributed by atoms with Gasteiger partial charge in [0.15, 0.2) is 0 Å². The van der Waals surface area contributed by atoms with Crippen LogP contribution in [0.5, 0.6) is 0 Å². The molecule has 0 saturated heterocycles. The van der Waals surface area contributed by atoms with Crippen LogP contribution in [0.15, 0.2) is 60.9 Å². The summed E-state index contributed by atoms with van der Waals surface area (Å²) in [6.07, 6.45) is 3.97. The van der Waals surface area contributed by atoms with E-state index in [2.05, 4.69) is 33.0 Å². The van der Waals surface area contributed by atoms with Gasteiger partial charge in [0.25, 0.3) is 0 Å². The Balaban J connectivity index is 1.54. The van der Waals surface area contributed by atoms with Gasteiger partial charge in [-0.3, -0.25) is 4.79 Å². The maximum Gasteiger partial charge on any atom is 0.245 e. The van der Waals surface area contributed by atoms with Crippen LogP contribution in [-0.4, -0.2) is 26.1 Å². The Morgan fingerprint density at radius 2 is 1.96 bits per heavy atom. The number of aryl methyl sites for hydroxylation is 1. The summed E-state index contributed by atoms with van der Waals surface area (Å²) < 4.78 is 1.53. The van der Waals surface area contributed by atoms with Crippen molar-refractivity contribution in [2.45, 2.75) is 31.3 Å². The zero-order valence-electron chi connectivity index (χ0n) is 13.7. The number of aromatic nitrogens is 4. The average Bonchev–Trinajstić information content (AvgIpc) is 3.31. The molecule has 3 aromatic rings. The lowest BCUT2D eigenvalue weighted by Gasteiger charge is -2.20. The number of carbonyl (C=O) groups excluding carboxylic acids is 1. The number of hydrogen-bond donors (Lipinski definition) is 1. The molecule has 4 rings (SSSR count). The van der Waals surface area contributed by atoms with E-state index in [1.165, 1.54) is 22.1 Å². The van der Waals surface area contributed by atoms with Gasteiger partial charge in [-0.1, -0.05) is 54.6 Å². The van der Waals surface area contributed by atoms with Crippen molar-refractivity contribution in [3.63, 3.8) is 0 Å². The standard InChI is InChI=1S/C19H19N5O/c25-19(21-17-11-10-15-8-4-5-9-16(15)17)18(24-13-20-22-23-24)12-14-6-2-1-3-7-14/h1-9,13,17-18H,10-12H2,(H,21,25)/t17-,18-/m1/s1. The first-order valence-electron chi connectivity index (χ1n) is 8.46. The van der Waals surface area contributed by atoms with Crippen LogP contribution in [0, 0.1) is 0 Å². The number of fused-ring (bicyclic) bond motifs is 1. The second kappa shape index (κ2) is 6.84. The van der Waals surface area contributed by atoms with Gasteiger partial charge in [0, 0.05) is 6.42 Å². The van der Waals surface area contributed by atoms with Gasteiger partial charge >= 0.3 is 0 Å². The van der Waals surface area contributed by atoms with E-state index in [9.17, 15) is 4.79 Å². The van der Waals surface area contributed by atoms with Gasteiger partial charge < -0.3 is 5.32 Å². The van der Waals surface area contributed by atoms with Crippen molar-refractivity contribution < 1.29 is 4.79 Å². The van der Waals surface area contributed by atoms with E-state index in [1.54, 1.807) is 0 Å². The molecule has 0 spiro atoms. The topological polar surface area (TPSA) is 72.7 Å². The SMILES string of the molecule is O=C(N[C@@H]1CCc2ccccc21)[C@@H](Cc1ccccc1)n1cnnn1. The molecular weight excluding hydrogens is 314 g/mol. The van der Waals surface area contributed by atoms with Crippen LogP contribution < -0.4 is 5.32 Å². The maximum absolute atomic E-state index is 13.0. The molecule has 6 heteroatoms. The Labute approximate surface area is 145 Å². The smallest absolute Gasteiger partial charge is 0.245 e. The Bertz CT molecular complexity index is 847. The summed E-state index contributed by atoms with van der Waals surface area (Å²) in [5.41, 5.74) is 3.60. The van der Waals surface area contributed by atoms with Gasteiger partial charge in [0.1, 0.15) is 12.4 Å². The molecule has 1 amide bonds. The van der Waals surface area contributed by atoms with Crippen molar-refractivity contribution in [3.8, 4) is 0 Å². The van der Waals surface area contributed by atoms with Crippen molar-refractivity contribution in [3.05, 3.63) is 77.6 Å². The van der Waals surface area contributed by atoms with E-state index in [0.29, 0.717) is 6.42 Å². The minimum atomic E-state index is -0.467. The molecule has 1 N–H and O–H groups in total. The lowest BCUT2D eigenvalue weighted by Crippen LogP contribution is -2.36. The number of amides is 1. The van der Waals surface area contributed by atoms with Crippen LogP contribution in [0.3, 0.4) is 0 Å². The van der Waals surface area contributed by atoms with Gasteiger partial charge in [-0.25, -0.2) is 4.68 Å². The molecule has 6 nitrogen and oxygen atoms in total. The minimum Gasteiger partial charge on any atom is -0.347 e. The Hall–Kier alpha value is -3.02. The summed E-state index contributed by atoms with van der Waals surface area (Å²) in [6.45, 7) is 0.